The molecule has 0 aliphatic rings. The predicted molar refractivity (Wildman–Crippen MR) is 90.2 cm³/mol. The summed E-state index contributed by atoms with van der Waals surface area (Å²) in [6, 6.07) is 12.9. The van der Waals surface area contributed by atoms with Gasteiger partial charge in [0, 0.05) is 24.3 Å². The molecule has 2 nitrogen and oxygen atoms in total. The van der Waals surface area contributed by atoms with Crippen molar-refractivity contribution in [3.05, 3.63) is 65.0 Å². The minimum Gasteiger partial charge on any atom is -0.389 e. The van der Waals surface area contributed by atoms with E-state index in [0.717, 1.165) is 17.8 Å². The lowest BCUT2D eigenvalue weighted by atomic mass is 10.1. The van der Waals surface area contributed by atoms with E-state index in [1.165, 1.54) is 17.7 Å². The number of aryl methyl sites for hydroxylation is 1. The predicted octanol–water partition coefficient (Wildman–Crippen LogP) is 3.79. The Labute approximate surface area is 130 Å². The largest absolute Gasteiger partial charge is 0.389 e. The molecular formula is C17H19FN2S. The summed E-state index contributed by atoms with van der Waals surface area (Å²) in [6.07, 6.45) is 0. The van der Waals surface area contributed by atoms with Crippen molar-refractivity contribution in [3.8, 4) is 0 Å². The molecule has 110 valence electrons. The molecule has 4 heteroatoms. The summed E-state index contributed by atoms with van der Waals surface area (Å²) in [6.45, 7) is 5.65. The molecule has 2 aromatic rings. The zero-order valence-electron chi connectivity index (χ0n) is 12.3. The van der Waals surface area contributed by atoms with E-state index in [4.69, 9.17) is 18.0 Å². The van der Waals surface area contributed by atoms with E-state index >= 15 is 0 Å². The molecule has 0 radical (unpaired) electrons. The number of anilines is 1. The second-order valence-electron chi connectivity index (χ2n) is 5.02. The molecule has 0 fully saturated rings. The molecule has 0 saturated heterocycles. The van der Waals surface area contributed by atoms with E-state index < -0.39 is 0 Å². The van der Waals surface area contributed by atoms with Crippen LogP contribution in [0.25, 0.3) is 0 Å². The lowest BCUT2D eigenvalue weighted by molar-refractivity contribution is 0.626. The topological polar surface area (TPSA) is 29.3 Å². The summed E-state index contributed by atoms with van der Waals surface area (Å²) < 4.78 is 13.4. The van der Waals surface area contributed by atoms with E-state index in [-0.39, 0.29) is 10.8 Å². The molecule has 0 unspecified atom stereocenters. The highest BCUT2D eigenvalue weighted by atomic mass is 32.1. The average molecular weight is 302 g/mol. The van der Waals surface area contributed by atoms with Crippen LogP contribution in [0.5, 0.6) is 0 Å². The van der Waals surface area contributed by atoms with E-state index in [1.807, 2.05) is 6.07 Å². The van der Waals surface area contributed by atoms with Crippen LogP contribution in [0.4, 0.5) is 10.1 Å². The quantitative estimate of drug-likeness (QED) is 0.852. The van der Waals surface area contributed by atoms with Gasteiger partial charge in [0.25, 0.3) is 0 Å². The van der Waals surface area contributed by atoms with Crippen LogP contribution in [-0.2, 0) is 6.54 Å². The summed E-state index contributed by atoms with van der Waals surface area (Å²) in [5.41, 5.74) is 9.60. The van der Waals surface area contributed by atoms with E-state index in [0.29, 0.717) is 12.1 Å². The maximum atomic E-state index is 13.4. The third-order valence-corrected chi connectivity index (χ3v) is 3.67. The van der Waals surface area contributed by atoms with Crippen LogP contribution in [-0.4, -0.2) is 11.5 Å². The van der Waals surface area contributed by atoms with E-state index in [9.17, 15) is 4.39 Å². The zero-order valence-corrected chi connectivity index (χ0v) is 13.1. The van der Waals surface area contributed by atoms with Gasteiger partial charge in [0.1, 0.15) is 10.8 Å². The van der Waals surface area contributed by atoms with Crippen molar-refractivity contribution < 1.29 is 4.39 Å². The van der Waals surface area contributed by atoms with Crippen LogP contribution in [0.1, 0.15) is 23.6 Å². The highest BCUT2D eigenvalue weighted by molar-refractivity contribution is 7.80. The molecule has 0 amide bonds. The summed E-state index contributed by atoms with van der Waals surface area (Å²) >= 11 is 5.03. The molecular weight excluding hydrogens is 283 g/mol. The Hall–Kier alpha value is -1.94. The number of benzene rings is 2. The van der Waals surface area contributed by atoms with Crippen LogP contribution >= 0.6 is 12.2 Å². The minimum absolute atomic E-state index is 0.227. The summed E-state index contributed by atoms with van der Waals surface area (Å²) in [7, 11) is 0. The lowest BCUT2D eigenvalue weighted by Gasteiger charge is -2.25. The molecule has 0 aromatic heterocycles. The smallest absolute Gasteiger partial charge is 0.123 e. The van der Waals surface area contributed by atoms with Gasteiger partial charge < -0.3 is 10.6 Å². The van der Waals surface area contributed by atoms with Crippen molar-refractivity contribution in [1.29, 1.82) is 0 Å². The first-order valence-electron chi connectivity index (χ1n) is 6.91. The second-order valence-corrected chi connectivity index (χ2v) is 5.46. The molecule has 21 heavy (non-hydrogen) atoms. The monoisotopic (exact) mass is 302 g/mol. The molecule has 0 spiro atoms. The summed E-state index contributed by atoms with van der Waals surface area (Å²) in [5, 5.41) is 0. The Balaban J connectivity index is 2.33. The molecule has 2 rings (SSSR count). The van der Waals surface area contributed by atoms with Gasteiger partial charge in [-0.05, 0) is 49.2 Å². The summed E-state index contributed by atoms with van der Waals surface area (Å²) in [4.78, 5) is 2.44. The second kappa shape index (κ2) is 6.68. The SMILES string of the molecule is CCN(Cc1ccc(F)cc1C(N)=S)c1cccc(C)c1. The number of nitrogens with two attached hydrogens (primary N) is 1. The Morgan fingerprint density at radius 1 is 1.24 bits per heavy atom. The molecule has 2 aromatic carbocycles. The van der Waals surface area contributed by atoms with Gasteiger partial charge in [0.05, 0.1) is 0 Å². The van der Waals surface area contributed by atoms with Gasteiger partial charge in [0.15, 0.2) is 0 Å². The van der Waals surface area contributed by atoms with Gasteiger partial charge in [-0.2, -0.15) is 0 Å². The number of nitrogens with zero attached hydrogens (tertiary/aromatic N) is 1. The van der Waals surface area contributed by atoms with Crippen molar-refractivity contribution in [2.24, 2.45) is 5.73 Å². The standard InChI is InChI=1S/C17H19FN2S/c1-3-20(15-6-4-5-12(2)9-15)11-13-7-8-14(18)10-16(13)17(19)21/h4-10H,3,11H2,1-2H3,(H2,19,21). The Morgan fingerprint density at radius 3 is 2.62 bits per heavy atom. The maximum Gasteiger partial charge on any atom is 0.123 e. The average Bonchev–Trinajstić information content (AvgIpc) is 2.45. The van der Waals surface area contributed by atoms with Crippen molar-refractivity contribution in [1.82, 2.24) is 0 Å². The third-order valence-electron chi connectivity index (χ3n) is 3.45. The first-order valence-corrected chi connectivity index (χ1v) is 7.32. The van der Waals surface area contributed by atoms with Crippen molar-refractivity contribution in [2.75, 3.05) is 11.4 Å². The van der Waals surface area contributed by atoms with Crippen LogP contribution in [0, 0.1) is 12.7 Å². The number of rotatable bonds is 5. The van der Waals surface area contributed by atoms with E-state index in [2.05, 4.69) is 36.9 Å². The molecule has 0 saturated carbocycles. The van der Waals surface area contributed by atoms with Crippen LogP contribution in [0.15, 0.2) is 42.5 Å². The Morgan fingerprint density at radius 2 is 2.00 bits per heavy atom. The highest BCUT2D eigenvalue weighted by Crippen LogP contribution is 2.20. The van der Waals surface area contributed by atoms with Gasteiger partial charge in [-0.25, -0.2) is 4.39 Å². The van der Waals surface area contributed by atoms with E-state index in [1.54, 1.807) is 6.07 Å². The fourth-order valence-corrected chi connectivity index (χ4v) is 2.52. The normalized spacial score (nSPS) is 10.4. The first-order chi connectivity index (χ1) is 10.0. The first kappa shape index (κ1) is 15.4. The number of hydrogen-bond donors (Lipinski definition) is 1. The van der Waals surface area contributed by atoms with Crippen molar-refractivity contribution in [3.63, 3.8) is 0 Å². The molecule has 0 aliphatic carbocycles. The molecule has 2 N–H and O–H groups in total. The zero-order chi connectivity index (χ0) is 15.4. The molecule has 0 heterocycles. The highest BCUT2D eigenvalue weighted by Gasteiger charge is 2.11. The van der Waals surface area contributed by atoms with Gasteiger partial charge >= 0.3 is 0 Å². The van der Waals surface area contributed by atoms with Crippen molar-refractivity contribution >= 4 is 22.9 Å². The maximum absolute atomic E-state index is 13.4. The van der Waals surface area contributed by atoms with Crippen molar-refractivity contribution in [2.45, 2.75) is 20.4 Å². The number of halogens is 1. The summed E-state index contributed by atoms with van der Waals surface area (Å²) in [5.74, 6) is -0.319. The molecule has 0 aliphatic heterocycles. The van der Waals surface area contributed by atoms with Gasteiger partial charge in [0.2, 0.25) is 0 Å². The van der Waals surface area contributed by atoms with Crippen LogP contribution in [0.3, 0.4) is 0 Å². The van der Waals surface area contributed by atoms with Crippen LogP contribution < -0.4 is 10.6 Å². The fraction of sp³-hybridized carbons (Fsp3) is 0.235. The van der Waals surface area contributed by atoms with Gasteiger partial charge in [-0.15, -0.1) is 0 Å². The number of hydrogen-bond acceptors (Lipinski definition) is 2. The number of thiocarbonyl (C=S) groups is 1. The van der Waals surface area contributed by atoms with Crippen LogP contribution in [0.2, 0.25) is 0 Å². The Kier molecular flexibility index (Phi) is 4.91. The van der Waals surface area contributed by atoms with Gasteiger partial charge in [-0.3, -0.25) is 0 Å². The third kappa shape index (κ3) is 3.79. The molecule has 0 atom stereocenters. The minimum atomic E-state index is -0.319. The molecule has 0 bridgehead atoms. The Bertz CT molecular complexity index is 655. The van der Waals surface area contributed by atoms with Gasteiger partial charge in [-0.1, -0.05) is 30.4 Å². The fourth-order valence-electron chi connectivity index (χ4n) is 2.33. The lowest BCUT2D eigenvalue weighted by Crippen LogP contribution is -2.24.